The maximum Gasteiger partial charge on any atom is 0.215 e. The first-order valence-electron chi connectivity index (χ1n) is 3.98. The predicted molar refractivity (Wildman–Crippen MR) is 54.5 cm³/mol. The number of aromatic nitrogens is 2. The lowest BCUT2D eigenvalue weighted by Crippen LogP contribution is -1.88. The van der Waals surface area contributed by atoms with E-state index < -0.39 is 0 Å². The van der Waals surface area contributed by atoms with Crippen LogP contribution in [0.2, 0.25) is 5.02 Å². The maximum atomic E-state index is 5.91. The van der Waals surface area contributed by atoms with Gasteiger partial charge < -0.3 is 10.5 Å². The number of nitrogens with one attached hydrogen (secondary N) is 1. The Balaban J connectivity index is 2.25. The van der Waals surface area contributed by atoms with Crippen molar-refractivity contribution in [3.8, 4) is 11.6 Å². The molecule has 2 aromatic rings. The molecule has 3 N–H and O–H groups in total. The molecule has 14 heavy (non-hydrogen) atoms. The quantitative estimate of drug-likeness (QED) is 0.747. The third-order valence-electron chi connectivity index (χ3n) is 1.65. The Bertz CT molecular complexity index is 428. The number of hydrogen-bond acceptors (Lipinski definition) is 3. The van der Waals surface area contributed by atoms with Crippen molar-refractivity contribution >= 4 is 17.3 Å². The zero-order valence-electron chi connectivity index (χ0n) is 7.20. The van der Waals surface area contributed by atoms with E-state index in [2.05, 4.69) is 10.2 Å². The van der Waals surface area contributed by atoms with Crippen LogP contribution in [0.3, 0.4) is 0 Å². The molecule has 0 fully saturated rings. The van der Waals surface area contributed by atoms with Crippen molar-refractivity contribution in [1.29, 1.82) is 0 Å². The lowest BCUT2D eigenvalue weighted by molar-refractivity contribution is 0.462. The van der Waals surface area contributed by atoms with Crippen LogP contribution in [0.5, 0.6) is 11.6 Å². The average Bonchev–Trinajstić information content (AvgIpc) is 2.62. The molecule has 0 atom stereocenters. The molecule has 0 aliphatic heterocycles. The van der Waals surface area contributed by atoms with Crippen LogP contribution in [0.1, 0.15) is 0 Å². The molecule has 0 amide bonds. The first kappa shape index (κ1) is 8.90. The largest absolute Gasteiger partial charge is 0.438 e. The Morgan fingerprint density at radius 2 is 2.21 bits per heavy atom. The van der Waals surface area contributed by atoms with Gasteiger partial charge in [0, 0.05) is 11.8 Å². The Morgan fingerprint density at radius 1 is 1.36 bits per heavy atom. The second kappa shape index (κ2) is 3.59. The highest BCUT2D eigenvalue weighted by atomic mass is 35.5. The first-order chi connectivity index (χ1) is 6.75. The van der Waals surface area contributed by atoms with Crippen molar-refractivity contribution in [3.05, 3.63) is 35.5 Å². The summed E-state index contributed by atoms with van der Waals surface area (Å²) in [6.07, 6.45) is 1.60. The zero-order chi connectivity index (χ0) is 9.97. The highest BCUT2D eigenvalue weighted by Crippen LogP contribution is 2.29. The smallest absolute Gasteiger partial charge is 0.215 e. The van der Waals surface area contributed by atoms with Gasteiger partial charge in [-0.2, -0.15) is 5.10 Å². The van der Waals surface area contributed by atoms with Crippen LogP contribution in [0, 0.1) is 0 Å². The zero-order valence-corrected chi connectivity index (χ0v) is 7.95. The number of hydrogen-bond donors (Lipinski definition) is 2. The van der Waals surface area contributed by atoms with E-state index in [4.69, 9.17) is 22.1 Å². The van der Waals surface area contributed by atoms with Gasteiger partial charge in [0.05, 0.1) is 11.2 Å². The number of H-pyrrole nitrogens is 1. The Morgan fingerprint density at radius 3 is 2.86 bits per heavy atom. The normalized spacial score (nSPS) is 10.1. The molecule has 0 unspecified atom stereocenters. The number of rotatable bonds is 2. The van der Waals surface area contributed by atoms with Gasteiger partial charge in [-0.1, -0.05) is 11.6 Å². The number of nitrogen functional groups attached to an aromatic ring is 1. The number of benzene rings is 1. The summed E-state index contributed by atoms with van der Waals surface area (Å²) in [5.74, 6) is 1.08. The second-order valence-electron chi connectivity index (χ2n) is 2.71. The average molecular weight is 210 g/mol. The fourth-order valence-corrected chi connectivity index (χ4v) is 1.25. The van der Waals surface area contributed by atoms with Gasteiger partial charge in [0.1, 0.15) is 5.75 Å². The molecule has 4 nitrogen and oxygen atoms in total. The van der Waals surface area contributed by atoms with Gasteiger partial charge in [0.2, 0.25) is 5.88 Å². The van der Waals surface area contributed by atoms with Gasteiger partial charge in [-0.25, -0.2) is 5.10 Å². The van der Waals surface area contributed by atoms with E-state index in [0.717, 1.165) is 0 Å². The summed E-state index contributed by atoms with van der Waals surface area (Å²) in [4.78, 5) is 0. The highest BCUT2D eigenvalue weighted by molar-refractivity contribution is 6.32. The molecule has 0 aliphatic carbocycles. The monoisotopic (exact) mass is 209 g/mol. The molecule has 0 saturated heterocycles. The molecular weight excluding hydrogens is 202 g/mol. The topological polar surface area (TPSA) is 63.9 Å². The van der Waals surface area contributed by atoms with E-state index >= 15 is 0 Å². The number of aromatic amines is 1. The van der Waals surface area contributed by atoms with Crippen LogP contribution in [0.15, 0.2) is 30.5 Å². The standard InChI is InChI=1S/C9H8ClN3O/c10-7-5-6(11)1-2-8(7)14-9-3-4-12-13-9/h1-5H,11H2,(H,12,13). The molecule has 0 aliphatic rings. The van der Waals surface area contributed by atoms with E-state index in [0.29, 0.717) is 22.3 Å². The van der Waals surface area contributed by atoms with Crippen molar-refractivity contribution in [2.75, 3.05) is 5.73 Å². The van der Waals surface area contributed by atoms with Gasteiger partial charge in [0.25, 0.3) is 0 Å². The van der Waals surface area contributed by atoms with Crippen LogP contribution >= 0.6 is 11.6 Å². The van der Waals surface area contributed by atoms with Crippen LogP contribution in [-0.2, 0) is 0 Å². The SMILES string of the molecule is Nc1ccc(Oc2ccn[nH]2)c(Cl)c1. The predicted octanol–water partition coefficient (Wildman–Crippen LogP) is 2.44. The molecule has 0 saturated carbocycles. The summed E-state index contributed by atoms with van der Waals surface area (Å²) in [5, 5.41) is 6.88. The number of ether oxygens (including phenoxy) is 1. The second-order valence-corrected chi connectivity index (χ2v) is 3.12. The Hall–Kier alpha value is -1.68. The molecular formula is C9H8ClN3O. The van der Waals surface area contributed by atoms with Crippen LogP contribution in [-0.4, -0.2) is 10.2 Å². The summed E-state index contributed by atoms with van der Waals surface area (Å²) in [7, 11) is 0. The fraction of sp³-hybridized carbons (Fsp3) is 0. The van der Waals surface area contributed by atoms with Crippen LogP contribution < -0.4 is 10.5 Å². The minimum Gasteiger partial charge on any atom is -0.438 e. The Labute approximate surface area is 85.6 Å². The summed E-state index contributed by atoms with van der Waals surface area (Å²) in [6.45, 7) is 0. The molecule has 1 aromatic carbocycles. The van der Waals surface area contributed by atoms with E-state index in [1.807, 2.05) is 0 Å². The molecule has 5 heteroatoms. The fourth-order valence-electron chi connectivity index (χ4n) is 1.02. The van der Waals surface area contributed by atoms with E-state index in [1.54, 1.807) is 30.5 Å². The lowest BCUT2D eigenvalue weighted by atomic mass is 10.3. The van der Waals surface area contributed by atoms with E-state index in [9.17, 15) is 0 Å². The third kappa shape index (κ3) is 1.80. The number of halogens is 1. The molecule has 72 valence electrons. The summed E-state index contributed by atoms with van der Waals surface area (Å²) < 4.78 is 5.40. The van der Waals surface area contributed by atoms with Gasteiger partial charge in [0.15, 0.2) is 0 Å². The highest BCUT2D eigenvalue weighted by Gasteiger charge is 2.03. The van der Waals surface area contributed by atoms with Crippen molar-refractivity contribution in [2.24, 2.45) is 0 Å². The molecule has 1 heterocycles. The van der Waals surface area contributed by atoms with Crippen molar-refractivity contribution in [2.45, 2.75) is 0 Å². The minimum atomic E-state index is 0.472. The minimum absolute atomic E-state index is 0.472. The molecule has 0 spiro atoms. The molecule has 1 aromatic heterocycles. The first-order valence-corrected chi connectivity index (χ1v) is 4.36. The third-order valence-corrected chi connectivity index (χ3v) is 1.95. The number of nitrogens with two attached hydrogens (primary N) is 1. The van der Waals surface area contributed by atoms with Gasteiger partial charge >= 0.3 is 0 Å². The van der Waals surface area contributed by atoms with Gasteiger partial charge in [-0.15, -0.1) is 0 Å². The van der Waals surface area contributed by atoms with Crippen LogP contribution in [0.25, 0.3) is 0 Å². The van der Waals surface area contributed by atoms with E-state index in [-0.39, 0.29) is 0 Å². The number of anilines is 1. The lowest BCUT2D eigenvalue weighted by Gasteiger charge is -2.04. The molecule has 2 rings (SSSR count). The van der Waals surface area contributed by atoms with Gasteiger partial charge in [-0.3, -0.25) is 0 Å². The number of nitrogens with zero attached hydrogens (tertiary/aromatic N) is 1. The Kier molecular flexibility index (Phi) is 2.28. The maximum absolute atomic E-state index is 5.91. The van der Waals surface area contributed by atoms with E-state index in [1.165, 1.54) is 0 Å². The van der Waals surface area contributed by atoms with Crippen molar-refractivity contribution < 1.29 is 4.74 Å². The molecule has 0 bridgehead atoms. The summed E-state index contributed by atoms with van der Waals surface area (Å²) >= 11 is 5.91. The van der Waals surface area contributed by atoms with Crippen molar-refractivity contribution in [3.63, 3.8) is 0 Å². The summed E-state index contributed by atoms with van der Waals surface area (Å²) in [6, 6.07) is 6.76. The van der Waals surface area contributed by atoms with Crippen LogP contribution in [0.4, 0.5) is 5.69 Å². The molecule has 0 radical (unpaired) electrons. The van der Waals surface area contributed by atoms with Crippen molar-refractivity contribution in [1.82, 2.24) is 10.2 Å². The van der Waals surface area contributed by atoms with Gasteiger partial charge in [-0.05, 0) is 18.2 Å². The summed E-state index contributed by atoms with van der Waals surface area (Å²) in [5.41, 5.74) is 6.14.